The zero-order valence-corrected chi connectivity index (χ0v) is 48.1. The van der Waals surface area contributed by atoms with Gasteiger partial charge in [0.2, 0.25) is 5.95 Å². The highest BCUT2D eigenvalue weighted by Gasteiger charge is 2.38. The van der Waals surface area contributed by atoms with E-state index in [0.29, 0.717) is 51.4 Å². The Balaban J connectivity index is 0.599. The number of nitrogens with zero attached hydrogens (tertiary/aromatic N) is 11. The van der Waals surface area contributed by atoms with Crippen LogP contribution < -0.4 is 34.1 Å². The molecular formula is C67H66FN13O5. The highest BCUT2D eigenvalue weighted by atomic mass is 19.1. The van der Waals surface area contributed by atoms with Gasteiger partial charge in [-0.1, -0.05) is 18.2 Å². The van der Waals surface area contributed by atoms with E-state index in [-0.39, 0.29) is 18.0 Å². The lowest BCUT2D eigenvalue weighted by molar-refractivity contribution is -0.0191. The predicted octanol–water partition coefficient (Wildman–Crippen LogP) is 9.91. The molecule has 2 N–H and O–H groups in total. The van der Waals surface area contributed by atoms with Crippen molar-refractivity contribution in [2.75, 3.05) is 122 Å². The molecule has 2 atom stereocenters. The number of ether oxygens (including phenoxy) is 4. The van der Waals surface area contributed by atoms with E-state index in [2.05, 4.69) is 129 Å². The molecule has 2 unspecified atom stereocenters. The largest absolute Gasteiger partial charge is 0.497 e. The molecule has 0 radical (unpaired) electrons. The van der Waals surface area contributed by atoms with E-state index in [1.54, 1.807) is 19.2 Å². The SMILES string of the molecule is COc1cc(Cn2c3c(c4ccccc42)CN(c2ccc(N4CCOCC4)nc2)CC3)c2c3c([nH]c2c1)CCN(c1ccc2oc(N4CCOCC4C4CN(c5ncc6cc(N7CCc8[nH]c9cc(F)ccc9c8C7)ccc6n5)CCO4)nc2c1)C3. The van der Waals surface area contributed by atoms with Crippen molar-refractivity contribution < 1.29 is 27.8 Å². The first-order valence-electron chi connectivity index (χ1n) is 30.4. The molecule has 3 saturated heterocycles. The van der Waals surface area contributed by atoms with E-state index in [4.69, 9.17) is 43.3 Å². The number of hydrogen-bond acceptors (Lipinski definition) is 15. The van der Waals surface area contributed by atoms with Crippen LogP contribution in [0, 0.1) is 5.82 Å². The van der Waals surface area contributed by atoms with Gasteiger partial charge in [0.05, 0.1) is 69.7 Å². The Morgan fingerprint density at radius 2 is 1.41 bits per heavy atom. The van der Waals surface area contributed by atoms with Crippen molar-refractivity contribution in [3.05, 3.63) is 161 Å². The van der Waals surface area contributed by atoms with Gasteiger partial charge in [0.15, 0.2) is 5.58 Å². The molecule has 86 heavy (non-hydrogen) atoms. The summed E-state index contributed by atoms with van der Waals surface area (Å²) in [7, 11) is 1.77. The molecule has 6 aromatic heterocycles. The lowest BCUT2D eigenvalue weighted by Crippen LogP contribution is -2.58. The molecule has 12 heterocycles. The number of pyridine rings is 1. The summed E-state index contributed by atoms with van der Waals surface area (Å²) in [5.41, 5.74) is 18.1. The van der Waals surface area contributed by atoms with Crippen LogP contribution in [0.2, 0.25) is 0 Å². The zero-order chi connectivity index (χ0) is 57.0. The number of oxazole rings is 1. The predicted molar refractivity (Wildman–Crippen MR) is 333 cm³/mol. The van der Waals surface area contributed by atoms with Crippen molar-refractivity contribution in [2.24, 2.45) is 0 Å². The average Bonchev–Trinajstić information content (AvgIpc) is 4.23. The van der Waals surface area contributed by atoms with Crippen LogP contribution >= 0.6 is 0 Å². The topological polar surface area (TPSA) is 158 Å². The lowest BCUT2D eigenvalue weighted by atomic mass is 9.99. The van der Waals surface area contributed by atoms with Crippen LogP contribution in [0.4, 0.5) is 39.2 Å². The van der Waals surface area contributed by atoms with Gasteiger partial charge in [-0.25, -0.2) is 19.3 Å². The fourth-order valence-corrected chi connectivity index (χ4v) is 14.7. The first-order valence-corrected chi connectivity index (χ1v) is 30.4. The normalized spacial score (nSPS) is 19.3. The van der Waals surface area contributed by atoms with Crippen LogP contribution in [-0.4, -0.2) is 139 Å². The number of halogens is 1. The average molecular weight is 1150 g/mol. The standard InChI is InChI=1S/C67H66FN13O5/c1-82-47-29-42(35-81-59-5-3-2-4-49(59)51-37-78(19-16-60(51)81)46-9-13-64(69-34-46)75-20-24-83-25-21-75)65-52-38-77(18-15-55(52)72-58(65)32-47)45-8-12-62-57(31-45)74-67(86-62)80-23-26-84-40-61(80)63-39-79(22-27-85-63)66-70-33-41-28-44(7-11-53(41)73-66)76-17-14-54-50(36-76)48-10-6-43(68)30-56(48)71-54/h2-13,28-34,61,63,71-72H,14-27,35-40H2,1H3. The van der Waals surface area contributed by atoms with Crippen LogP contribution in [0.3, 0.4) is 0 Å². The van der Waals surface area contributed by atoms with Gasteiger partial charge >= 0.3 is 0 Å². The molecule has 0 amide bonds. The van der Waals surface area contributed by atoms with E-state index in [1.165, 1.54) is 55.6 Å². The number of para-hydroxylation sites is 1. The van der Waals surface area contributed by atoms with Gasteiger partial charge in [0, 0.05) is 193 Å². The summed E-state index contributed by atoms with van der Waals surface area (Å²) in [6.07, 6.45) is 6.45. The molecule has 0 saturated carbocycles. The van der Waals surface area contributed by atoms with E-state index in [1.807, 2.05) is 18.5 Å². The maximum Gasteiger partial charge on any atom is 0.298 e. The molecule has 0 spiro atoms. The highest BCUT2D eigenvalue weighted by Crippen LogP contribution is 2.40. The summed E-state index contributed by atoms with van der Waals surface area (Å²) < 4.78 is 47.5. The molecule has 6 aliphatic rings. The summed E-state index contributed by atoms with van der Waals surface area (Å²) in [5, 5.41) is 4.64. The van der Waals surface area contributed by atoms with Gasteiger partial charge in [-0.2, -0.15) is 4.98 Å². The summed E-state index contributed by atoms with van der Waals surface area (Å²) in [4.78, 5) is 41.6. The van der Waals surface area contributed by atoms with Crippen LogP contribution in [-0.2, 0) is 59.7 Å². The minimum Gasteiger partial charge on any atom is -0.497 e. The summed E-state index contributed by atoms with van der Waals surface area (Å²) in [5.74, 6) is 2.32. The Kier molecular flexibility index (Phi) is 12.5. The highest BCUT2D eigenvalue weighted by molar-refractivity contribution is 5.92. The van der Waals surface area contributed by atoms with Crippen LogP contribution in [0.5, 0.6) is 5.75 Å². The van der Waals surface area contributed by atoms with Crippen molar-refractivity contribution in [2.45, 2.75) is 57.6 Å². The van der Waals surface area contributed by atoms with Crippen molar-refractivity contribution in [1.29, 1.82) is 0 Å². The molecular weight excluding hydrogens is 1090 g/mol. The van der Waals surface area contributed by atoms with Crippen molar-refractivity contribution in [1.82, 2.24) is 34.5 Å². The number of anilines is 6. The minimum absolute atomic E-state index is 0.134. The van der Waals surface area contributed by atoms with Gasteiger partial charge in [0.1, 0.15) is 22.9 Å². The number of nitrogens with one attached hydrogen (secondary N) is 2. The first kappa shape index (κ1) is 51.5. The summed E-state index contributed by atoms with van der Waals surface area (Å²) in [6, 6.07) is 36.0. The molecule has 19 heteroatoms. The van der Waals surface area contributed by atoms with Crippen molar-refractivity contribution >= 4 is 89.6 Å². The maximum absolute atomic E-state index is 14.0. The van der Waals surface area contributed by atoms with E-state index >= 15 is 0 Å². The monoisotopic (exact) mass is 1150 g/mol. The number of hydrogen-bond donors (Lipinski definition) is 2. The number of aromatic nitrogens is 7. The van der Waals surface area contributed by atoms with Gasteiger partial charge in [-0.05, 0) is 84.4 Å². The number of fused-ring (bicyclic) bond motifs is 11. The maximum atomic E-state index is 14.0. The van der Waals surface area contributed by atoms with Crippen molar-refractivity contribution in [3.63, 3.8) is 0 Å². The van der Waals surface area contributed by atoms with Crippen molar-refractivity contribution in [3.8, 4) is 5.75 Å². The summed E-state index contributed by atoms with van der Waals surface area (Å²) >= 11 is 0. The molecule has 18 nitrogen and oxygen atoms in total. The fourth-order valence-electron chi connectivity index (χ4n) is 14.7. The molecule has 11 aromatic rings. The van der Waals surface area contributed by atoms with Crippen LogP contribution in [0.1, 0.15) is 39.3 Å². The number of morpholine rings is 3. The second kappa shape index (κ2) is 21.0. The van der Waals surface area contributed by atoms with Gasteiger partial charge in [-0.3, -0.25) is 0 Å². The quantitative estimate of drug-likeness (QED) is 0.133. The number of H-pyrrole nitrogens is 2. The fraction of sp³-hybridized carbons (Fsp3) is 0.343. The Bertz CT molecular complexity index is 4420. The number of benzene rings is 5. The van der Waals surface area contributed by atoms with Crippen LogP contribution in [0.25, 0.3) is 54.7 Å². The third-order valence-corrected chi connectivity index (χ3v) is 19.1. The Morgan fingerprint density at radius 3 is 2.29 bits per heavy atom. The smallest absolute Gasteiger partial charge is 0.298 e. The second-order valence-electron chi connectivity index (χ2n) is 23.8. The Morgan fingerprint density at radius 1 is 0.628 bits per heavy atom. The summed E-state index contributed by atoms with van der Waals surface area (Å²) in [6.45, 7) is 12.4. The first-order chi connectivity index (χ1) is 42.4. The van der Waals surface area contributed by atoms with Gasteiger partial charge in [-0.15, -0.1) is 0 Å². The van der Waals surface area contributed by atoms with E-state index in [0.717, 1.165) is 158 Å². The van der Waals surface area contributed by atoms with Crippen LogP contribution in [0.15, 0.2) is 120 Å². The molecule has 6 aliphatic heterocycles. The zero-order valence-electron chi connectivity index (χ0n) is 48.1. The third kappa shape index (κ3) is 8.99. The van der Waals surface area contributed by atoms with E-state index < -0.39 is 0 Å². The van der Waals surface area contributed by atoms with Gasteiger partial charge in [0.25, 0.3) is 6.01 Å². The molecule has 0 bridgehead atoms. The second-order valence-corrected chi connectivity index (χ2v) is 23.8. The third-order valence-electron chi connectivity index (χ3n) is 19.1. The molecule has 3 fully saturated rings. The molecule has 17 rings (SSSR count). The molecule has 436 valence electrons. The molecule has 0 aliphatic carbocycles. The van der Waals surface area contributed by atoms with Gasteiger partial charge < -0.3 is 67.3 Å². The Labute approximate surface area is 495 Å². The van der Waals surface area contributed by atoms with E-state index in [9.17, 15) is 4.39 Å². The number of rotatable bonds is 10. The number of methoxy groups -OCH3 is 1. The lowest BCUT2D eigenvalue weighted by Gasteiger charge is -2.43. The number of aromatic amines is 2. The Hall–Kier alpha value is -8.91. The molecule has 5 aromatic carbocycles. The minimum atomic E-state index is -0.225.